The van der Waals surface area contributed by atoms with Crippen LogP contribution in [0.25, 0.3) is 0 Å². The molecule has 5 atom stereocenters. The fourth-order valence-corrected chi connectivity index (χ4v) is 4.88. The van der Waals surface area contributed by atoms with E-state index >= 15 is 0 Å². The topological polar surface area (TPSA) is 49.8 Å². The van der Waals surface area contributed by atoms with Gasteiger partial charge in [-0.15, -0.1) is 0 Å². The molecule has 0 saturated heterocycles. The van der Waals surface area contributed by atoms with Crippen LogP contribution in [0, 0.1) is 17.8 Å². The summed E-state index contributed by atoms with van der Waals surface area (Å²) in [6.07, 6.45) is 12.7. The average molecular weight is 502 g/mol. The molecule has 0 spiro atoms. The Morgan fingerprint density at radius 1 is 1.05 bits per heavy atom. The molecule has 1 N–H and O–H groups in total. The number of aryl methyl sites for hydroxylation is 1. The van der Waals surface area contributed by atoms with Gasteiger partial charge >= 0.3 is 0 Å². The van der Waals surface area contributed by atoms with Gasteiger partial charge in [-0.25, -0.2) is 0 Å². The van der Waals surface area contributed by atoms with E-state index in [0.717, 1.165) is 30.6 Å². The van der Waals surface area contributed by atoms with E-state index in [1.807, 2.05) is 36.4 Å². The summed E-state index contributed by atoms with van der Waals surface area (Å²) in [6.45, 7) is 6.97. The summed E-state index contributed by atoms with van der Waals surface area (Å²) in [7, 11) is 2.08. The first kappa shape index (κ1) is 28.6. The summed E-state index contributed by atoms with van der Waals surface area (Å²) >= 11 is 0. The number of rotatable bonds is 14. The molecule has 0 fully saturated rings. The van der Waals surface area contributed by atoms with Crippen LogP contribution < -0.4 is 0 Å². The molecule has 0 bridgehead atoms. The van der Waals surface area contributed by atoms with Crippen molar-refractivity contribution in [2.75, 3.05) is 13.6 Å². The van der Waals surface area contributed by atoms with Gasteiger partial charge in [0.15, 0.2) is 5.78 Å². The molecule has 37 heavy (non-hydrogen) atoms. The monoisotopic (exact) mass is 501 g/mol. The highest BCUT2D eigenvalue weighted by molar-refractivity contribution is 5.87. The summed E-state index contributed by atoms with van der Waals surface area (Å²) in [5.41, 5.74) is 2.47. The van der Waals surface area contributed by atoms with E-state index in [-0.39, 0.29) is 29.6 Å². The van der Waals surface area contributed by atoms with Gasteiger partial charge in [0, 0.05) is 18.5 Å². The van der Waals surface area contributed by atoms with Crippen molar-refractivity contribution < 1.29 is 14.6 Å². The number of carbonyl (C=O) groups excluding carboxylic acids is 1. The number of ketones is 1. The second kappa shape index (κ2) is 14.7. The lowest BCUT2D eigenvalue weighted by atomic mass is 9.82. The average Bonchev–Trinajstić information content (AvgIpc) is 2.91. The zero-order chi connectivity index (χ0) is 26.6. The van der Waals surface area contributed by atoms with Gasteiger partial charge in [-0.1, -0.05) is 86.7 Å². The highest BCUT2D eigenvalue weighted by Gasteiger charge is 2.30. The van der Waals surface area contributed by atoms with Crippen LogP contribution in [0.4, 0.5) is 0 Å². The summed E-state index contributed by atoms with van der Waals surface area (Å²) in [5, 5.41) is 11.0. The predicted molar refractivity (Wildman–Crippen MR) is 152 cm³/mol. The summed E-state index contributed by atoms with van der Waals surface area (Å²) in [6, 6.07) is 20.8. The summed E-state index contributed by atoms with van der Waals surface area (Å²) < 4.78 is 6.12. The number of carbonyl (C=O) groups is 1. The Kier molecular flexibility index (Phi) is 11.4. The first-order chi connectivity index (χ1) is 17.8. The molecule has 1 aliphatic carbocycles. The van der Waals surface area contributed by atoms with Crippen LogP contribution in [0.3, 0.4) is 0 Å². The number of benzene rings is 2. The van der Waals surface area contributed by atoms with Gasteiger partial charge in [0.05, 0.1) is 6.10 Å². The Morgan fingerprint density at radius 2 is 1.70 bits per heavy atom. The number of hydrogen-bond donors (Lipinski definition) is 1. The minimum Gasteiger partial charge on any atom is -0.489 e. The van der Waals surface area contributed by atoms with E-state index in [4.69, 9.17) is 4.74 Å². The minimum absolute atomic E-state index is 0.0485. The van der Waals surface area contributed by atoms with Gasteiger partial charge < -0.3 is 9.84 Å². The van der Waals surface area contributed by atoms with Gasteiger partial charge in [0.25, 0.3) is 0 Å². The number of allylic oxidation sites excluding steroid dienone is 3. The maximum absolute atomic E-state index is 11.6. The van der Waals surface area contributed by atoms with Crippen molar-refractivity contribution in [1.29, 1.82) is 0 Å². The molecule has 0 aromatic heterocycles. The van der Waals surface area contributed by atoms with Gasteiger partial charge in [-0.3, -0.25) is 9.69 Å². The number of aliphatic hydroxyl groups excluding tert-OH is 1. The van der Waals surface area contributed by atoms with E-state index in [1.165, 1.54) is 5.56 Å². The molecule has 2 aromatic carbocycles. The summed E-state index contributed by atoms with van der Waals surface area (Å²) in [4.78, 5) is 13.8. The Balaban J connectivity index is 1.60. The molecule has 0 amide bonds. The molecular formula is C33H43NO3. The zero-order valence-electron chi connectivity index (χ0n) is 22.8. The van der Waals surface area contributed by atoms with E-state index in [0.29, 0.717) is 13.2 Å². The van der Waals surface area contributed by atoms with Gasteiger partial charge in [-0.05, 0) is 74.4 Å². The number of hydrogen-bond acceptors (Lipinski definition) is 4. The van der Waals surface area contributed by atoms with Gasteiger partial charge in [-0.2, -0.15) is 0 Å². The molecule has 0 saturated carbocycles. The number of likely N-dealkylation sites (N-methyl/N-ethyl adjacent to an activating group) is 1. The van der Waals surface area contributed by atoms with Crippen LogP contribution >= 0.6 is 0 Å². The van der Waals surface area contributed by atoms with Crippen molar-refractivity contribution in [2.24, 2.45) is 17.8 Å². The van der Waals surface area contributed by atoms with Crippen LogP contribution in [-0.2, 0) is 22.6 Å². The van der Waals surface area contributed by atoms with E-state index in [1.54, 1.807) is 13.0 Å². The Labute approximate surface area is 223 Å². The van der Waals surface area contributed by atoms with E-state index < -0.39 is 6.10 Å². The maximum Gasteiger partial charge on any atom is 0.152 e. The molecule has 2 aromatic rings. The first-order valence-electron chi connectivity index (χ1n) is 13.5. The van der Waals surface area contributed by atoms with Crippen LogP contribution in [0.5, 0.6) is 0 Å². The third kappa shape index (κ3) is 9.46. The fraction of sp³-hybridized carbons (Fsp3) is 0.424. The highest BCUT2D eigenvalue weighted by atomic mass is 16.5. The second-order valence-corrected chi connectivity index (χ2v) is 10.5. The SMILES string of the molecule is CC(=O)/C=C/C(C)C1C=C(OCc2ccccc2)C=CC1N(C)CC(O)C(C)CCCc1ccccc1. The third-order valence-corrected chi connectivity index (χ3v) is 7.31. The van der Waals surface area contributed by atoms with Crippen molar-refractivity contribution in [3.63, 3.8) is 0 Å². The first-order valence-corrected chi connectivity index (χ1v) is 13.5. The van der Waals surface area contributed by atoms with E-state index in [9.17, 15) is 9.90 Å². The lowest BCUT2D eigenvalue weighted by Gasteiger charge is -2.37. The second-order valence-electron chi connectivity index (χ2n) is 10.5. The Bertz CT molecular complexity index is 1040. The maximum atomic E-state index is 11.6. The molecule has 1 aliphatic rings. The molecule has 4 nitrogen and oxygen atoms in total. The molecule has 3 rings (SSSR count). The Hall–Kier alpha value is -2.95. The van der Waals surface area contributed by atoms with Gasteiger partial charge in [0.2, 0.25) is 0 Å². The minimum atomic E-state index is -0.405. The van der Waals surface area contributed by atoms with Gasteiger partial charge in [0.1, 0.15) is 12.4 Å². The highest BCUT2D eigenvalue weighted by Crippen LogP contribution is 2.30. The van der Waals surface area contributed by atoms with Crippen LogP contribution in [0.1, 0.15) is 44.7 Å². The smallest absolute Gasteiger partial charge is 0.152 e. The van der Waals surface area contributed by atoms with Crippen molar-refractivity contribution >= 4 is 5.78 Å². The largest absolute Gasteiger partial charge is 0.489 e. The fourth-order valence-electron chi connectivity index (χ4n) is 4.88. The third-order valence-electron chi connectivity index (χ3n) is 7.31. The molecule has 4 heteroatoms. The standard InChI is InChI=1S/C33H43NO3/c1-25(18-19-27(3)35)31-22-30(37-24-29-15-9-6-10-16-29)20-21-32(31)34(4)23-33(36)26(2)12-11-17-28-13-7-5-8-14-28/h5-10,13-16,18-22,25-26,31-33,36H,11-12,17,23-24H2,1-4H3/b19-18+. The summed E-state index contributed by atoms with van der Waals surface area (Å²) in [5.74, 6) is 1.37. The molecular weight excluding hydrogens is 458 g/mol. The predicted octanol–water partition coefficient (Wildman–Crippen LogP) is 6.37. The molecule has 0 radical (unpaired) electrons. The van der Waals surface area contributed by atoms with E-state index in [2.05, 4.69) is 74.3 Å². The molecule has 5 unspecified atom stereocenters. The lowest BCUT2D eigenvalue weighted by molar-refractivity contribution is -0.112. The molecule has 0 heterocycles. The molecule has 198 valence electrons. The van der Waals surface area contributed by atoms with Crippen LogP contribution in [0.2, 0.25) is 0 Å². The normalized spacial score (nSPS) is 20.0. The van der Waals surface area contributed by atoms with Crippen molar-refractivity contribution in [1.82, 2.24) is 4.90 Å². The lowest BCUT2D eigenvalue weighted by Crippen LogP contribution is -2.44. The van der Waals surface area contributed by atoms with Crippen molar-refractivity contribution in [2.45, 2.75) is 58.8 Å². The van der Waals surface area contributed by atoms with Crippen LogP contribution in [-0.4, -0.2) is 41.5 Å². The van der Waals surface area contributed by atoms with Crippen LogP contribution in [0.15, 0.2) is 96.8 Å². The number of nitrogens with zero attached hydrogens (tertiary/aromatic N) is 1. The molecule has 0 aliphatic heterocycles. The quantitative estimate of drug-likeness (QED) is 0.305. The number of ether oxygens (including phenoxy) is 1. The zero-order valence-corrected chi connectivity index (χ0v) is 22.8. The van der Waals surface area contributed by atoms with Crippen molar-refractivity contribution in [3.05, 3.63) is 108 Å². The number of aliphatic hydroxyl groups is 1. The van der Waals surface area contributed by atoms with Crippen molar-refractivity contribution in [3.8, 4) is 0 Å². The Morgan fingerprint density at radius 3 is 2.35 bits per heavy atom.